The molecule has 0 unspecified atom stereocenters. The first-order chi connectivity index (χ1) is 13.2. The van der Waals surface area contributed by atoms with E-state index in [1.54, 1.807) is 7.11 Å². The highest BCUT2D eigenvalue weighted by atomic mass is 16.5. The van der Waals surface area contributed by atoms with Gasteiger partial charge in [-0.2, -0.15) is 0 Å². The van der Waals surface area contributed by atoms with Crippen molar-refractivity contribution in [2.75, 3.05) is 32.1 Å². The molecule has 27 heavy (non-hydrogen) atoms. The van der Waals surface area contributed by atoms with Crippen molar-refractivity contribution in [1.29, 1.82) is 0 Å². The van der Waals surface area contributed by atoms with E-state index in [0.717, 1.165) is 49.5 Å². The number of Topliss-reactive ketones (excluding diaryl/α,β-unsaturated/α-hetero) is 1. The third kappa shape index (κ3) is 5.41. The first-order valence-corrected chi connectivity index (χ1v) is 9.41. The van der Waals surface area contributed by atoms with Gasteiger partial charge in [0.15, 0.2) is 5.78 Å². The number of nitrogens with zero attached hydrogens (tertiary/aromatic N) is 1. The van der Waals surface area contributed by atoms with E-state index in [4.69, 9.17) is 4.74 Å². The van der Waals surface area contributed by atoms with Crippen molar-refractivity contribution < 1.29 is 14.3 Å². The summed E-state index contributed by atoms with van der Waals surface area (Å²) < 4.78 is 5.14. The van der Waals surface area contributed by atoms with E-state index in [1.807, 2.05) is 54.6 Å². The normalized spacial score (nSPS) is 15.3. The van der Waals surface area contributed by atoms with Crippen molar-refractivity contribution in [2.45, 2.75) is 19.3 Å². The summed E-state index contributed by atoms with van der Waals surface area (Å²) in [7, 11) is 1.62. The van der Waals surface area contributed by atoms with Gasteiger partial charge in [-0.25, -0.2) is 0 Å². The van der Waals surface area contributed by atoms with E-state index in [-0.39, 0.29) is 17.6 Å². The summed E-state index contributed by atoms with van der Waals surface area (Å²) in [5.41, 5.74) is 1.57. The van der Waals surface area contributed by atoms with Crippen LogP contribution in [0.3, 0.4) is 0 Å². The van der Waals surface area contributed by atoms with Crippen LogP contribution in [0.5, 0.6) is 5.75 Å². The molecule has 0 spiro atoms. The number of rotatable bonds is 7. The molecule has 2 aromatic carbocycles. The molecule has 0 aromatic heterocycles. The van der Waals surface area contributed by atoms with Crippen LogP contribution in [0.1, 0.15) is 29.6 Å². The largest absolute Gasteiger partial charge is 0.497 e. The molecule has 5 heteroatoms. The van der Waals surface area contributed by atoms with Crippen LogP contribution in [0.4, 0.5) is 5.69 Å². The predicted molar refractivity (Wildman–Crippen MR) is 106 cm³/mol. The number of ether oxygens (including phenoxy) is 1. The maximum absolute atomic E-state index is 12.7. The van der Waals surface area contributed by atoms with Crippen LogP contribution in [0, 0.1) is 5.92 Å². The third-order valence-electron chi connectivity index (χ3n) is 5.05. The molecule has 0 saturated carbocycles. The van der Waals surface area contributed by atoms with Gasteiger partial charge in [0, 0.05) is 30.1 Å². The van der Waals surface area contributed by atoms with Gasteiger partial charge in [0.05, 0.1) is 7.11 Å². The van der Waals surface area contributed by atoms with Crippen molar-refractivity contribution in [3.63, 3.8) is 0 Å². The molecule has 1 N–H and O–H groups in total. The highest BCUT2D eigenvalue weighted by Crippen LogP contribution is 2.23. The van der Waals surface area contributed by atoms with E-state index in [0.29, 0.717) is 6.42 Å². The van der Waals surface area contributed by atoms with Gasteiger partial charge in [-0.1, -0.05) is 18.2 Å². The molecule has 142 valence electrons. The number of amides is 1. The fourth-order valence-corrected chi connectivity index (χ4v) is 3.41. The Morgan fingerprint density at radius 2 is 1.70 bits per heavy atom. The molecule has 1 amide bonds. The lowest BCUT2D eigenvalue weighted by atomic mass is 9.89. The fraction of sp³-hybridized carbons (Fsp3) is 0.364. The van der Waals surface area contributed by atoms with Crippen LogP contribution in [0.25, 0.3) is 0 Å². The number of para-hydroxylation sites is 1. The number of benzene rings is 2. The maximum atomic E-state index is 12.7. The zero-order chi connectivity index (χ0) is 19.1. The molecule has 1 aliphatic heterocycles. The van der Waals surface area contributed by atoms with Gasteiger partial charge >= 0.3 is 0 Å². The number of hydrogen-bond donors (Lipinski definition) is 1. The number of nitrogens with one attached hydrogen (secondary N) is 1. The molecule has 0 atom stereocenters. The lowest BCUT2D eigenvalue weighted by Crippen LogP contribution is -2.38. The molecular formula is C22H26N2O3. The van der Waals surface area contributed by atoms with E-state index >= 15 is 0 Å². The second-order valence-electron chi connectivity index (χ2n) is 6.87. The zero-order valence-electron chi connectivity index (χ0n) is 15.7. The molecular weight excluding hydrogens is 340 g/mol. The van der Waals surface area contributed by atoms with Gasteiger partial charge < -0.3 is 15.0 Å². The monoisotopic (exact) mass is 366 g/mol. The number of piperidine rings is 1. The zero-order valence-corrected chi connectivity index (χ0v) is 15.7. The number of likely N-dealkylation sites (tertiary alicyclic amines) is 1. The summed E-state index contributed by atoms with van der Waals surface area (Å²) in [4.78, 5) is 27.0. The van der Waals surface area contributed by atoms with Crippen LogP contribution < -0.4 is 10.1 Å². The molecule has 2 aromatic rings. The van der Waals surface area contributed by atoms with E-state index in [1.165, 1.54) is 0 Å². The Hall–Kier alpha value is -2.66. The number of anilines is 1. The Morgan fingerprint density at radius 3 is 2.33 bits per heavy atom. The van der Waals surface area contributed by atoms with Gasteiger partial charge in [-0.3, -0.25) is 9.59 Å². The van der Waals surface area contributed by atoms with E-state index < -0.39 is 0 Å². The average molecular weight is 366 g/mol. The summed E-state index contributed by atoms with van der Waals surface area (Å²) in [6.45, 7) is 2.43. The lowest BCUT2D eigenvalue weighted by molar-refractivity contribution is -0.116. The van der Waals surface area contributed by atoms with Crippen molar-refractivity contribution >= 4 is 17.4 Å². The predicted octanol–water partition coefficient (Wildman–Crippen LogP) is 3.62. The highest BCUT2D eigenvalue weighted by Gasteiger charge is 2.25. The fourth-order valence-electron chi connectivity index (χ4n) is 3.41. The first-order valence-electron chi connectivity index (χ1n) is 9.41. The molecule has 1 heterocycles. The summed E-state index contributed by atoms with van der Waals surface area (Å²) in [5, 5.41) is 2.91. The van der Waals surface area contributed by atoms with E-state index in [2.05, 4.69) is 10.2 Å². The number of ketones is 1. The molecule has 0 aliphatic carbocycles. The Kier molecular flexibility index (Phi) is 6.60. The second kappa shape index (κ2) is 9.33. The summed E-state index contributed by atoms with van der Waals surface area (Å²) >= 11 is 0. The minimum Gasteiger partial charge on any atom is -0.497 e. The molecule has 5 nitrogen and oxygen atoms in total. The quantitative estimate of drug-likeness (QED) is 0.761. The standard InChI is InChI=1S/C22H26N2O3/c1-27-20-9-7-17(8-10-20)22(26)18-11-14-24(15-12-18)16-13-21(25)23-19-5-3-2-4-6-19/h2-10,18H,11-16H2,1H3,(H,23,25). The molecule has 1 saturated heterocycles. The Morgan fingerprint density at radius 1 is 1.04 bits per heavy atom. The molecule has 1 aliphatic rings. The number of hydrogen-bond acceptors (Lipinski definition) is 4. The third-order valence-corrected chi connectivity index (χ3v) is 5.05. The lowest BCUT2D eigenvalue weighted by Gasteiger charge is -2.31. The van der Waals surface area contributed by atoms with Gasteiger partial charge in [-0.05, 0) is 62.3 Å². The molecule has 1 fully saturated rings. The maximum Gasteiger partial charge on any atom is 0.225 e. The van der Waals surface area contributed by atoms with Crippen molar-refractivity contribution in [2.24, 2.45) is 5.92 Å². The van der Waals surface area contributed by atoms with Gasteiger partial charge in [0.2, 0.25) is 5.91 Å². The smallest absolute Gasteiger partial charge is 0.225 e. The topological polar surface area (TPSA) is 58.6 Å². The minimum atomic E-state index is 0.0256. The van der Waals surface area contributed by atoms with Crippen LogP contribution in [0.2, 0.25) is 0 Å². The summed E-state index contributed by atoms with van der Waals surface area (Å²) in [6, 6.07) is 16.8. The van der Waals surface area contributed by atoms with Crippen molar-refractivity contribution in [1.82, 2.24) is 4.90 Å². The van der Waals surface area contributed by atoms with Gasteiger partial charge in [0.25, 0.3) is 0 Å². The SMILES string of the molecule is COc1ccc(C(=O)C2CCN(CCC(=O)Nc3ccccc3)CC2)cc1. The van der Waals surface area contributed by atoms with Crippen LogP contribution in [0.15, 0.2) is 54.6 Å². The Labute approximate surface area is 160 Å². The minimum absolute atomic E-state index is 0.0256. The number of carbonyl (C=O) groups excluding carboxylic acids is 2. The Bertz CT molecular complexity index is 751. The van der Waals surface area contributed by atoms with Crippen molar-refractivity contribution in [3.05, 3.63) is 60.2 Å². The van der Waals surface area contributed by atoms with Crippen molar-refractivity contribution in [3.8, 4) is 5.75 Å². The summed E-state index contributed by atoms with van der Waals surface area (Å²) in [6.07, 6.45) is 2.14. The molecule has 0 bridgehead atoms. The Balaban J connectivity index is 1.41. The summed E-state index contributed by atoms with van der Waals surface area (Å²) in [5.74, 6) is 1.06. The van der Waals surface area contributed by atoms with E-state index in [9.17, 15) is 9.59 Å². The number of methoxy groups -OCH3 is 1. The van der Waals surface area contributed by atoms with Crippen LogP contribution in [-0.2, 0) is 4.79 Å². The molecule has 3 rings (SSSR count). The average Bonchev–Trinajstić information content (AvgIpc) is 2.73. The van der Waals surface area contributed by atoms with Crippen LogP contribution in [-0.4, -0.2) is 43.3 Å². The first kappa shape index (κ1) is 19.1. The van der Waals surface area contributed by atoms with Gasteiger partial charge in [-0.15, -0.1) is 0 Å². The van der Waals surface area contributed by atoms with Gasteiger partial charge in [0.1, 0.15) is 5.75 Å². The molecule has 0 radical (unpaired) electrons. The second-order valence-corrected chi connectivity index (χ2v) is 6.87. The number of carbonyl (C=O) groups is 2. The van der Waals surface area contributed by atoms with Crippen LogP contribution >= 0.6 is 0 Å². The highest BCUT2D eigenvalue weighted by molar-refractivity contribution is 5.98.